The van der Waals surface area contributed by atoms with E-state index in [2.05, 4.69) is 14.8 Å². The Labute approximate surface area is 166 Å². The zero-order valence-electron chi connectivity index (χ0n) is 16.7. The molecular formula is C23H30FN3O. The number of halogens is 1. The molecule has 0 aliphatic carbocycles. The minimum absolute atomic E-state index is 0.205. The summed E-state index contributed by atoms with van der Waals surface area (Å²) >= 11 is 0. The van der Waals surface area contributed by atoms with E-state index >= 15 is 0 Å². The maximum atomic E-state index is 14.1. The van der Waals surface area contributed by atoms with Crippen LogP contribution < -0.4 is 0 Å². The third-order valence-electron chi connectivity index (χ3n) is 6.57. The largest absolute Gasteiger partial charge is 0.340 e. The molecule has 0 saturated carbocycles. The molecule has 1 unspecified atom stereocenters. The summed E-state index contributed by atoms with van der Waals surface area (Å²) in [5, 5.41) is 0.602. The van der Waals surface area contributed by atoms with E-state index in [9.17, 15) is 9.18 Å². The van der Waals surface area contributed by atoms with Gasteiger partial charge < -0.3 is 4.90 Å². The fourth-order valence-corrected chi connectivity index (χ4v) is 5.08. The van der Waals surface area contributed by atoms with Crippen LogP contribution in [0.2, 0.25) is 0 Å². The molecule has 2 fully saturated rings. The molecule has 3 heterocycles. The molecule has 1 atom stereocenters. The molecule has 4 nitrogen and oxygen atoms in total. The third kappa shape index (κ3) is 4.04. The average Bonchev–Trinajstić information content (AvgIpc) is 2.97. The summed E-state index contributed by atoms with van der Waals surface area (Å²) < 4.78 is 14.1. The highest BCUT2D eigenvalue weighted by molar-refractivity contribution is 5.82. The van der Waals surface area contributed by atoms with Gasteiger partial charge in [0.25, 0.3) is 0 Å². The van der Waals surface area contributed by atoms with Gasteiger partial charge in [-0.1, -0.05) is 18.9 Å². The van der Waals surface area contributed by atoms with E-state index < -0.39 is 0 Å². The normalized spacial score (nSPS) is 22.4. The van der Waals surface area contributed by atoms with Gasteiger partial charge >= 0.3 is 0 Å². The number of hydrogen-bond donors (Lipinski definition) is 0. The summed E-state index contributed by atoms with van der Waals surface area (Å²) in [7, 11) is 0. The molecule has 0 bridgehead atoms. The first-order chi connectivity index (χ1) is 13.6. The highest BCUT2D eigenvalue weighted by Crippen LogP contribution is 2.31. The molecule has 2 saturated heterocycles. The van der Waals surface area contributed by atoms with Crippen LogP contribution in [0.25, 0.3) is 10.9 Å². The lowest BCUT2D eigenvalue weighted by molar-refractivity contribution is -0.132. The lowest BCUT2D eigenvalue weighted by atomic mass is 9.86. The Morgan fingerprint density at radius 1 is 1.11 bits per heavy atom. The molecule has 4 rings (SSSR count). The molecule has 2 aliphatic heterocycles. The van der Waals surface area contributed by atoms with E-state index in [4.69, 9.17) is 0 Å². The summed E-state index contributed by atoms with van der Waals surface area (Å²) in [6, 6.07) is 7.43. The predicted octanol–water partition coefficient (Wildman–Crippen LogP) is 4.38. The van der Waals surface area contributed by atoms with Gasteiger partial charge in [0, 0.05) is 37.6 Å². The second-order valence-corrected chi connectivity index (χ2v) is 8.35. The molecule has 1 aromatic carbocycles. The van der Waals surface area contributed by atoms with Crippen molar-refractivity contribution in [3.63, 3.8) is 0 Å². The van der Waals surface area contributed by atoms with Crippen molar-refractivity contribution < 1.29 is 9.18 Å². The van der Waals surface area contributed by atoms with Crippen molar-refractivity contribution in [2.24, 2.45) is 5.92 Å². The van der Waals surface area contributed by atoms with E-state index in [-0.39, 0.29) is 11.7 Å². The van der Waals surface area contributed by atoms with E-state index in [0.29, 0.717) is 17.3 Å². The monoisotopic (exact) mass is 383 g/mol. The molecule has 0 radical (unpaired) electrons. The molecule has 1 aromatic heterocycles. The van der Waals surface area contributed by atoms with Crippen LogP contribution in [0.5, 0.6) is 0 Å². The van der Waals surface area contributed by atoms with Crippen LogP contribution in [0.1, 0.15) is 51.0 Å². The predicted molar refractivity (Wildman–Crippen MR) is 109 cm³/mol. The van der Waals surface area contributed by atoms with Crippen LogP contribution in [0.3, 0.4) is 0 Å². The second kappa shape index (κ2) is 8.56. The van der Waals surface area contributed by atoms with Gasteiger partial charge in [-0.2, -0.15) is 0 Å². The second-order valence-electron chi connectivity index (χ2n) is 8.35. The highest BCUT2D eigenvalue weighted by Gasteiger charge is 2.32. The lowest BCUT2D eigenvalue weighted by Gasteiger charge is -2.40. The Morgan fingerprint density at radius 2 is 1.93 bits per heavy atom. The number of fused-ring (bicyclic) bond motifs is 1. The van der Waals surface area contributed by atoms with Gasteiger partial charge in [-0.05, 0) is 68.5 Å². The van der Waals surface area contributed by atoms with Gasteiger partial charge in [-0.25, -0.2) is 4.39 Å². The number of likely N-dealkylation sites (tertiary alicyclic amines) is 2. The van der Waals surface area contributed by atoms with E-state index in [1.54, 1.807) is 31.3 Å². The van der Waals surface area contributed by atoms with E-state index in [0.717, 1.165) is 62.9 Å². The Morgan fingerprint density at radius 3 is 2.71 bits per heavy atom. The van der Waals surface area contributed by atoms with Gasteiger partial charge in [0.15, 0.2) is 0 Å². The van der Waals surface area contributed by atoms with Crippen molar-refractivity contribution >= 4 is 16.8 Å². The number of pyridine rings is 1. The van der Waals surface area contributed by atoms with Crippen LogP contribution in [-0.4, -0.2) is 46.4 Å². The molecule has 2 aliphatic rings. The smallest absolute Gasteiger partial charge is 0.219 e. The first-order valence-electron chi connectivity index (χ1n) is 10.6. The van der Waals surface area contributed by atoms with Crippen molar-refractivity contribution in [3.8, 4) is 0 Å². The van der Waals surface area contributed by atoms with E-state index in [1.807, 2.05) is 6.07 Å². The summed E-state index contributed by atoms with van der Waals surface area (Å²) in [6.45, 7) is 5.51. The van der Waals surface area contributed by atoms with Gasteiger partial charge in [-0.3, -0.25) is 14.7 Å². The van der Waals surface area contributed by atoms with Crippen LogP contribution >= 0.6 is 0 Å². The summed E-state index contributed by atoms with van der Waals surface area (Å²) in [6.07, 6.45) is 8.75. The van der Waals surface area contributed by atoms with Crippen molar-refractivity contribution in [3.05, 3.63) is 41.8 Å². The van der Waals surface area contributed by atoms with Gasteiger partial charge in [0.05, 0.1) is 5.52 Å². The van der Waals surface area contributed by atoms with Crippen LogP contribution in [-0.2, 0) is 11.3 Å². The Kier molecular flexibility index (Phi) is 5.90. The van der Waals surface area contributed by atoms with Gasteiger partial charge in [0.1, 0.15) is 5.82 Å². The molecule has 2 aromatic rings. The molecular weight excluding hydrogens is 353 g/mol. The maximum Gasteiger partial charge on any atom is 0.219 e. The summed E-state index contributed by atoms with van der Waals surface area (Å²) in [5.74, 6) is 0.628. The number of carbonyl (C=O) groups excluding carboxylic acids is 1. The Bertz CT molecular complexity index is 832. The average molecular weight is 384 g/mol. The minimum atomic E-state index is -0.205. The number of carbonyl (C=O) groups is 1. The number of amides is 1. The SMILES string of the molecule is CC(=O)N1CCCCCC1C1CCN(Cc2ccc(F)c3cccnc23)CC1. The number of hydrogen-bond acceptors (Lipinski definition) is 3. The number of nitrogens with zero attached hydrogens (tertiary/aromatic N) is 3. The van der Waals surface area contributed by atoms with Crippen molar-refractivity contribution in [1.82, 2.24) is 14.8 Å². The van der Waals surface area contributed by atoms with Crippen molar-refractivity contribution in [1.29, 1.82) is 0 Å². The number of piperidine rings is 1. The molecule has 5 heteroatoms. The lowest BCUT2D eigenvalue weighted by Crippen LogP contribution is -2.47. The quantitative estimate of drug-likeness (QED) is 0.789. The minimum Gasteiger partial charge on any atom is -0.340 e. The highest BCUT2D eigenvalue weighted by atomic mass is 19.1. The molecule has 0 N–H and O–H groups in total. The van der Waals surface area contributed by atoms with Gasteiger partial charge in [-0.15, -0.1) is 0 Å². The van der Waals surface area contributed by atoms with Crippen LogP contribution in [0.4, 0.5) is 4.39 Å². The summed E-state index contributed by atoms with van der Waals surface area (Å²) in [4.78, 5) is 21.2. The van der Waals surface area contributed by atoms with Crippen LogP contribution in [0.15, 0.2) is 30.5 Å². The zero-order chi connectivity index (χ0) is 19.5. The van der Waals surface area contributed by atoms with Crippen molar-refractivity contribution in [2.75, 3.05) is 19.6 Å². The number of benzene rings is 1. The Hall–Kier alpha value is -2.01. The van der Waals surface area contributed by atoms with Crippen LogP contribution in [0, 0.1) is 11.7 Å². The summed E-state index contributed by atoms with van der Waals surface area (Å²) in [5.41, 5.74) is 1.87. The van der Waals surface area contributed by atoms with Gasteiger partial charge in [0.2, 0.25) is 5.91 Å². The third-order valence-corrected chi connectivity index (χ3v) is 6.57. The first-order valence-corrected chi connectivity index (χ1v) is 10.6. The fourth-order valence-electron chi connectivity index (χ4n) is 5.08. The number of rotatable bonds is 3. The molecule has 28 heavy (non-hydrogen) atoms. The standard InChI is InChI=1S/C23H30FN3O/c1-17(28)27-13-4-2-3-7-22(27)18-10-14-26(15-11-18)16-19-8-9-21(24)20-6-5-12-25-23(19)20/h5-6,8-9,12,18,22H,2-4,7,10-11,13-16H2,1H3. The maximum absolute atomic E-state index is 14.1. The Balaban J connectivity index is 1.42. The fraction of sp³-hybridized carbons (Fsp3) is 0.565. The first kappa shape index (κ1) is 19.3. The van der Waals surface area contributed by atoms with E-state index in [1.165, 1.54) is 12.8 Å². The topological polar surface area (TPSA) is 36.4 Å². The molecule has 150 valence electrons. The molecule has 1 amide bonds. The number of aromatic nitrogens is 1. The van der Waals surface area contributed by atoms with Crippen molar-refractivity contribution in [2.45, 2.75) is 58.0 Å². The zero-order valence-corrected chi connectivity index (χ0v) is 16.7. The molecule has 0 spiro atoms.